The van der Waals surface area contributed by atoms with Gasteiger partial charge < -0.3 is 10.5 Å². The van der Waals surface area contributed by atoms with Gasteiger partial charge in [-0.15, -0.1) is 0 Å². The third-order valence-electron chi connectivity index (χ3n) is 2.65. The molecular weight excluding hydrogens is 250 g/mol. The fraction of sp³-hybridized carbons (Fsp3) is 0.308. The monoisotopic (exact) mass is 265 g/mol. The summed E-state index contributed by atoms with van der Waals surface area (Å²) >= 11 is 5.91. The number of hydrogen-bond acceptors (Lipinski definition) is 3. The van der Waals surface area contributed by atoms with Gasteiger partial charge >= 0.3 is 0 Å². The highest BCUT2D eigenvalue weighted by Gasteiger charge is 2.04. The summed E-state index contributed by atoms with van der Waals surface area (Å²) in [7, 11) is 0. The second-order valence-corrected chi connectivity index (χ2v) is 4.39. The molecule has 0 saturated heterocycles. The van der Waals surface area contributed by atoms with Crippen LogP contribution >= 0.6 is 11.6 Å². The lowest BCUT2D eigenvalue weighted by Gasteiger charge is -2.09. The summed E-state index contributed by atoms with van der Waals surface area (Å²) in [5.74, 6) is 0.770. The minimum Gasteiger partial charge on any atom is -0.488 e. The van der Waals surface area contributed by atoms with Gasteiger partial charge in [0, 0.05) is 35.4 Å². The van der Waals surface area contributed by atoms with Gasteiger partial charge in [-0.1, -0.05) is 11.6 Å². The molecule has 0 aliphatic heterocycles. The van der Waals surface area contributed by atoms with Crippen molar-refractivity contribution in [2.24, 2.45) is 5.73 Å². The summed E-state index contributed by atoms with van der Waals surface area (Å²) in [4.78, 5) is 0. The van der Waals surface area contributed by atoms with Gasteiger partial charge in [-0.25, -0.2) is 0 Å². The lowest BCUT2D eigenvalue weighted by molar-refractivity contribution is 0.303. The largest absolute Gasteiger partial charge is 0.488 e. The SMILES string of the molecule is CCn1cc(COc2ccc(Cl)cc2CN)cn1. The maximum Gasteiger partial charge on any atom is 0.124 e. The number of rotatable bonds is 5. The summed E-state index contributed by atoms with van der Waals surface area (Å²) in [6.45, 7) is 3.79. The molecule has 0 aliphatic rings. The van der Waals surface area contributed by atoms with E-state index in [4.69, 9.17) is 22.1 Å². The van der Waals surface area contributed by atoms with Crippen molar-refractivity contribution in [1.82, 2.24) is 9.78 Å². The van der Waals surface area contributed by atoms with E-state index in [-0.39, 0.29) is 0 Å². The molecular formula is C13H16ClN3O. The van der Waals surface area contributed by atoms with Crippen molar-refractivity contribution in [3.05, 3.63) is 46.7 Å². The maximum atomic E-state index is 5.91. The van der Waals surface area contributed by atoms with Crippen LogP contribution in [0.4, 0.5) is 0 Å². The molecule has 0 amide bonds. The molecule has 5 heteroatoms. The Hall–Kier alpha value is -1.52. The smallest absolute Gasteiger partial charge is 0.124 e. The Morgan fingerprint density at radius 1 is 1.44 bits per heavy atom. The Balaban J connectivity index is 2.05. The highest BCUT2D eigenvalue weighted by Crippen LogP contribution is 2.23. The van der Waals surface area contributed by atoms with Crippen molar-refractivity contribution in [3.63, 3.8) is 0 Å². The predicted molar refractivity (Wildman–Crippen MR) is 71.6 cm³/mol. The average molecular weight is 266 g/mol. The zero-order chi connectivity index (χ0) is 13.0. The summed E-state index contributed by atoms with van der Waals surface area (Å²) in [6.07, 6.45) is 3.78. The molecule has 0 spiro atoms. The van der Waals surface area contributed by atoms with Crippen molar-refractivity contribution >= 4 is 11.6 Å². The van der Waals surface area contributed by atoms with Crippen LogP contribution < -0.4 is 10.5 Å². The normalized spacial score (nSPS) is 10.6. The number of benzene rings is 1. The van der Waals surface area contributed by atoms with Crippen LogP contribution in [0.3, 0.4) is 0 Å². The number of nitrogens with zero attached hydrogens (tertiary/aromatic N) is 2. The van der Waals surface area contributed by atoms with Gasteiger partial charge in [0.25, 0.3) is 0 Å². The zero-order valence-electron chi connectivity index (χ0n) is 10.3. The third kappa shape index (κ3) is 3.03. The van der Waals surface area contributed by atoms with E-state index in [1.54, 1.807) is 6.07 Å². The van der Waals surface area contributed by atoms with Gasteiger partial charge in [0.1, 0.15) is 12.4 Å². The highest BCUT2D eigenvalue weighted by atomic mass is 35.5. The molecule has 2 N–H and O–H groups in total. The van der Waals surface area contributed by atoms with E-state index < -0.39 is 0 Å². The van der Waals surface area contributed by atoms with Crippen molar-refractivity contribution in [3.8, 4) is 5.75 Å². The standard InChI is InChI=1S/C13H16ClN3O/c1-2-17-8-10(7-16-17)9-18-13-4-3-12(14)5-11(13)6-15/h3-5,7-8H,2,6,9,15H2,1H3. The van der Waals surface area contributed by atoms with Gasteiger partial charge in [-0.3, -0.25) is 4.68 Å². The van der Waals surface area contributed by atoms with E-state index in [1.807, 2.05) is 36.1 Å². The predicted octanol–water partition coefficient (Wildman–Crippen LogP) is 2.59. The average Bonchev–Trinajstić information content (AvgIpc) is 2.85. The van der Waals surface area contributed by atoms with Crippen LogP contribution in [-0.4, -0.2) is 9.78 Å². The summed E-state index contributed by atoms with van der Waals surface area (Å²) < 4.78 is 7.60. The third-order valence-corrected chi connectivity index (χ3v) is 2.88. The van der Waals surface area contributed by atoms with E-state index in [0.717, 1.165) is 23.4 Å². The number of nitrogens with two attached hydrogens (primary N) is 1. The first kappa shape index (κ1) is 12.9. The molecule has 96 valence electrons. The maximum absolute atomic E-state index is 5.91. The van der Waals surface area contributed by atoms with Gasteiger partial charge in [0.2, 0.25) is 0 Å². The molecule has 0 bridgehead atoms. The lowest BCUT2D eigenvalue weighted by atomic mass is 10.2. The summed E-state index contributed by atoms with van der Waals surface area (Å²) in [6, 6.07) is 5.46. The lowest BCUT2D eigenvalue weighted by Crippen LogP contribution is -2.02. The van der Waals surface area contributed by atoms with Crippen LogP contribution in [-0.2, 0) is 19.7 Å². The van der Waals surface area contributed by atoms with E-state index in [1.165, 1.54) is 0 Å². The molecule has 0 unspecified atom stereocenters. The van der Waals surface area contributed by atoms with Gasteiger partial charge in [-0.2, -0.15) is 5.10 Å². The molecule has 1 aromatic carbocycles. The van der Waals surface area contributed by atoms with Crippen LogP contribution in [0.5, 0.6) is 5.75 Å². The summed E-state index contributed by atoms with van der Waals surface area (Å²) in [5.41, 5.74) is 7.60. The van der Waals surface area contributed by atoms with Gasteiger partial charge in [0.05, 0.1) is 6.20 Å². The van der Waals surface area contributed by atoms with E-state index >= 15 is 0 Å². The Morgan fingerprint density at radius 2 is 2.28 bits per heavy atom. The highest BCUT2D eigenvalue weighted by molar-refractivity contribution is 6.30. The van der Waals surface area contributed by atoms with Crippen LogP contribution in [0.2, 0.25) is 5.02 Å². The molecule has 0 atom stereocenters. The first-order valence-corrected chi connectivity index (χ1v) is 6.23. The Bertz CT molecular complexity index is 525. The van der Waals surface area contributed by atoms with Crippen molar-refractivity contribution in [1.29, 1.82) is 0 Å². The molecule has 2 rings (SSSR count). The molecule has 4 nitrogen and oxygen atoms in total. The van der Waals surface area contributed by atoms with Gasteiger partial charge in [0.15, 0.2) is 0 Å². The fourth-order valence-electron chi connectivity index (χ4n) is 1.66. The first-order valence-electron chi connectivity index (χ1n) is 5.85. The minimum atomic E-state index is 0.407. The molecule has 0 radical (unpaired) electrons. The van der Waals surface area contributed by atoms with Crippen LogP contribution in [0.25, 0.3) is 0 Å². The number of halogens is 1. The molecule has 0 fully saturated rings. The molecule has 1 aromatic heterocycles. The quantitative estimate of drug-likeness (QED) is 0.904. The van der Waals surface area contributed by atoms with E-state index in [9.17, 15) is 0 Å². The Morgan fingerprint density at radius 3 is 2.94 bits per heavy atom. The number of hydrogen-bond donors (Lipinski definition) is 1. The van der Waals surface area contributed by atoms with Crippen molar-refractivity contribution in [2.45, 2.75) is 26.6 Å². The van der Waals surface area contributed by atoms with E-state index in [0.29, 0.717) is 18.2 Å². The van der Waals surface area contributed by atoms with Crippen molar-refractivity contribution < 1.29 is 4.74 Å². The molecule has 0 aliphatic carbocycles. The molecule has 0 saturated carbocycles. The van der Waals surface area contributed by atoms with E-state index in [2.05, 4.69) is 5.10 Å². The zero-order valence-corrected chi connectivity index (χ0v) is 11.0. The van der Waals surface area contributed by atoms with Crippen LogP contribution in [0.1, 0.15) is 18.1 Å². The second kappa shape index (κ2) is 5.89. The summed E-state index contributed by atoms with van der Waals surface area (Å²) in [5, 5.41) is 4.86. The minimum absolute atomic E-state index is 0.407. The first-order chi connectivity index (χ1) is 8.72. The van der Waals surface area contributed by atoms with Crippen LogP contribution in [0, 0.1) is 0 Å². The molecule has 2 aromatic rings. The van der Waals surface area contributed by atoms with Crippen molar-refractivity contribution in [2.75, 3.05) is 0 Å². The second-order valence-electron chi connectivity index (χ2n) is 3.95. The Labute approximate surface area is 111 Å². The molecule has 1 heterocycles. The van der Waals surface area contributed by atoms with Crippen LogP contribution in [0.15, 0.2) is 30.6 Å². The number of ether oxygens (including phenoxy) is 1. The number of aromatic nitrogens is 2. The molecule has 18 heavy (non-hydrogen) atoms. The number of aryl methyl sites for hydroxylation is 1. The Kier molecular flexibility index (Phi) is 4.23. The fourth-order valence-corrected chi connectivity index (χ4v) is 1.86. The topological polar surface area (TPSA) is 53.1 Å². The van der Waals surface area contributed by atoms with Gasteiger partial charge in [-0.05, 0) is 25.1 Å².